The topological polar surface area (TPSA) is 64.6 Å². The first-order valence-electron chi connectivity index (χ1n) is 6.97. The monoisotopic (exact) mass is 417 g/mol. The van der Waals surface area contributed by atoms with Crippen molar-refractivity contribution in [2.75, 3.05) is 13.2 Å². The summed E-state index contributed by atoms with van der Waals surface area (Å²) in [4.78, 5) is 0. The molecule has 1 aliphatic heterocycles. The molecule has 0 bridgehead atoms. The number of halogens is 1. The molecule has 0 fully saturated rings. The van der Waals surface area contributed by atoms with Gasteiger partial charge in [-0.3, -0.25) is 0 Å². The zero-order valence-electron chi connectivity index (χ0n) is 12.6. The Hall–Kier alpha value is -1.09. The molecule has 0 saturated heterocycles. The summed E-state index contributed by atoms with van der Waals surface area (Å²) in [7, 11) is -3.60. The highest BCUT2D eigenvalue weighted by Gasteiger charge is 2.30. The quantitative estimate of drug-likeness (QED) is 0.826. The fraction of sp³-hybridized carbons (Fsp3) is 0.333. The van der Waals surface area contributed by atoms with Crippen LogP contribution in [0.4, 0.5) is 0 Å². The molecule has 0 atom stereocenters. The normalized spacial score (nSPS) is 14.7. The average molecular weight is 418 g/mol. The maximum Gasteiger partial charge on any atom is 0.250 e. The lowest BCUT2D eigenvalue weighted by atomic mass is 9.95. The van der Waals surface area contributed by atoms with E-state index in [0.717, 1.165) is 9.35 Å². The van der Waals surface area contributed by atoms with Crippen LogP contribution in [-0.4, -0.2) is 21.6 Å². The number of hydrogen-bond acceptors (Lipinski definition) is 5. The molecular weight excluding hydrogens is 402 g/mol. The Morgan fingerprint density at radius 2 is 1.83 bits per heavy atom. The van der Waals surface area contributed by atoms with Crippen LogP contribution in [0.5, 0.6) is 11.5 Å². The molecule has 2 heterocycles. The van der Waals surface area contributed by atoms with Gasteiger partial charge in [-0.1, -0.05) is 6.07 Å². The number of rotatable bonds is 4. The van der Waals surface area contributed by atoms with Crippen molar-refractivity contribution < 1.29 is 17.9 Å². The number of nitrogens with one attached hydrogen (secondary N) is 1. The number of hydrogen-bond donors (Lipinski definition) is 1. The van der Waals surface area contributed by atoms with E-state index in [1.807, 2.05) is 32.0 Å². The third-order valence-electron chi connectivity index (χ3n) is 3.47. The molecular formula is C15H16BrNO4S2. The Morgan fingerprint density at radius 3 is 2.48 bits per heavy atom. The molecule has 8 heteroatoms. The van der Waals surface area contributed by atoms with E-state index in [0.29, 0.717) is 24.7 Å². The third-order valence-corrected chi connectivity index (χ3v) is 7.24. The Bertz CT molecular complexity index is 830. The van der Waals surface area contributed by atoms with E-state index in [2.05, 4.69) is 20.7 Å². The fourth-order valence-corrected chi connectivity index (χ4v) is 5.73. The molecule has 0 unspecified atom stereocenters. The molecule has 1 aromatic carbocycles. The summed E-state index contributed by atoms with van der Waals surface area (Å²) in [5, 5.41) is 0. The lowest BCUT2D eigenvalue weighted by Crippen LogP contribution is -2.40. The zero-order valence-corrected chi connectivity index (χ0v) is 15.8. The number of ether oxygens (including phenoxy) is 2. The lowest BCUT2D eigenvalue weighted by molar-refractivity contribution is 0.171. The third kappa shape index (κ3) is 3.55. The van der Waals surface area contributed by atoms with Gasteiger partial charge in [0.05, 0.1) is 9.33 Å². The van der Waals surface area contributed by atoms with Crippen molar-refractivity contribution in [1.29, 1.82) is 0 Å². The van der Waals surface area contributed by atoms with Gasteiger partial charge in [0.15, 0.2) is 11.5 Å². The molecule has 2 aromatic rings. The lowest BCUT2D eigenvalue weighted by Gasteiger charge is -2.28. The van der Waals surface area contributed by atoms with Crippen LogP contribution in [0.1, 0.15) is 19.4 Å². The van der Waals surface area contributed by atoms with Gasteiger partial charge in [0.25, 0.3) is 10.0 Å². The number of benzene rings is 1. The number of fused-ring (bicyclic) bond motifs is 1. The molecule has 5 nitrogen and oxygen atoms in total. The van der Waals surface area contributed by atoms with Gasteiger partial charge in [-0.15, -0.1) is 11.3 Å². The largest absolute Gasteiger partial charge is 0.486 e. The first-order chi connectivity index (χ1) is 10.8. The predicted octanol–water partition coefficient (Wildman–Crippen LogP) is 3.50. The summed E-state index contributed by atoms with van der Waals surface area (Å²) in [5.41, 5.74) is 0.0199. The van der Waals surface area contributed by atoms with Crippen molar-refractivity contribution in [2.45, 2.75) is 23.6 Å². The van der Waals surface area contributed by atoms with Crippen LogP contribution in [0, 0.1) is 0 Å². The summed E-state index contributed by atoms with van der Waals surface area (Å²) >= 11 is 4.46. The number of sulfonamides is 1. The summed E-state index contributed by atoms with van der Waals surface area (Å²) in [6, 6.07) is 8.77. The maximum absolute atomic E-state index is 12.5. The Morgan fingerprint density at radius 1 is 1.13 bits per heavy atom. The first-order valence-corrected chi connectivity index (χ1v) is 10.1. The van der Waals surface area contributed by atoms with Crippen molar-refractivity contribution in [3.63, 3.8) is 0 Å². The van der Waals surface area contributed by atoms with E-state index < -0.39 is 15.6 Å². The Kier molecular flexibility index (Phi) is 4.43. The van der Waals surface area contributed by atoms with Gasteiger partial charge in [-0.25, -0.2) is 13.1 Å². The van der Waals surface area contributed by atoms with Crippen molar-refractivity contribution in [1.82, 2.24) is 4.72 Å². The predicted molar refractivity (Wildman–Crippen MR) is 92.8 cm³/mol. The Labute approximate surface area is 147 Å². The van der Waals surface area contributed by atoms with Gasteiger partial charge in [-0.2, -0.15) is 0 Å². The second-order valence-electron chi connectivity index (χ2n) is 5.65. The van der Waals surface area contributed by atoms with Crippen LogP contribution in [0.25, 0.3) is 0 Å². The minimum atomic E-state index is -3.60. The summed E-state index contributed by atoms with van der Waals surface area (Å²) in [6.07, 6.45) is 0. The van der Waals surface area contributed by atoms with E-state index in [4.69, 9.17) is 9.47 Å². The zero-order chi connectivity index (χ0) is 16.7. The van der Waals surface area contributed by atoms with E-state index >= 15 is 0 Å². The van der Waals surface area contributed by atoms with E-state index in [9.17, 15) is 8.42 Å². The minimum Gasteiger partial charge on any atom is -0.486 e. The second kappa shape index (κ2) is 6.08. The SMILES string of the molecule is CC(C)(NS(=O)(=O)c1ccc(Br)s1)c1ccc2c(c1)OCCO2. The number of thiophene rings is 1. The molecule has 1 N–H and O–H groups in total. The molecule has 0 spiro atoms. The first kappa shape index (κ1) is 16.8. The van der Waals surface area contributed by atoms with Gasteiger partial charge in [-0.05, 0) is 59.6 Å². The minimum absolute atomic E-state index is 0.273. The standard InChI is InChI=1S/C15H16BrNO4S2/c1-15(2,17-23(18,19)14-6-5-13(16)22-14)10-3-4-11-12(9-10)21-8-7-20-11/h3-6,9,17H,7-8H2,1-2H3. The van der Waals surface area contributed by atoms with Crippen LogP contribution in [0.3, 0.4) is 0 Å². The van der Waals surface area contributed by atoms with Crippen LogP contribution < -0.4 is 14.2 Å². The average Bonchev–Trinajstić information content (AvgIpc) is 2.93. The van der Waals surface area contributed by atoms with Crippen molar-refractivity contribution in [3.05, 3.63) is 39.7 Å². The van der Waals surface area contributed by atoms with Crippen molar-refractivity contribution in [2.24, 2.45) is 0 Å². The molecule has 3 rings (SSSR count). The highest BCUT2D eigenvalue weighted by atomic mass is 79.9. The molecule has 1 aliphatic rings. The van der Waals surface area contributed by atoms with Crippen LogP contribution in [-0.2, 0) is 15.6 Å². The molecule has 1 aromatic heterocycles. The van der Waals surface area contributed by atoms with Gasteiger partial charge in [0.2, 0.25) is 0 Å². The molecule has 0 aliphatic carbocycles. The summed E-state index contributed by atoms with van der Waals surface area (Å²) in [5.74, 6) is 1.32. The Balaban J connectivity index is 1.89. The van der Waals surface area contributed by atoms with Crippen LogP contribution in [0.2, 0.25) is 0 Å². The van der Waals surface area contributed by atoms with Crippen LogP contribution in [0.15, 0.2) is 38.3 Å². The molecule has 124 valence electrons. The summed E-state index contributed by atoms with van der Waals surface area (Å²) in [6.45, 7) is 4.65. The van der Waals surface area contributed by atoms with Crippen molar-refractivity contribution >= 4 is 37.3 Å². The van der Waals surface area contributed by atoms with E-state index in [1.165, 1.54) is 11.3 Å². The highest BCUT2D eigenvalue weighted by molar-refractivity contribution is 9.11. The van der Waals surface area contributed by atoms with Crippen molar-refractivity contribution in [3.8, 4) is 11.5 Å². The molecule has 0 saturated carbocycles. The molecule has 0 amide bonds. The second-order valence-corrected chi connectivity index (χ2v) is 10.0. The fourth-order valence-electron chi connectivity index (χ4n) is 2.32. The molecule has 23 heavy (non-hydrogen) atoms. The van der Waals surface area contributed by atoms with Gasteiger partial charge >= 0.3 is 0 Å². The van der Waals surface area contributed by atoms with Gasteiger partial charge < -0.3 is 9.47 Å². The van der Waals surface area contributed by atoms with Gasteiger partial charge in [0.1, 0.15) is 17.4 Å². The smallest absolute Gasteiger partial charge is 0.250 e. The van der Waals surface area contributed by atoms with Crippen LogP contribution >= 0.6 is 27.3 Å². The molecule has 0 radical (unpaired) electrons. The highest BCUT2D eigenvalue weighted by Crippen LogP contribution is 2.35. The van der Waals surface area contributed by atoms with E-state index in [1.54, 1.807) is 12.1 Å². The van der Waals surface area contributed by atoms with Gasteiger partial charge in [0, 0.05) is 0 Å². The summed E-state index contributed by atoms with van der Waals surface area (Å²) < 4.78 is 40.0. The maximum atomic E-state index is 12.5. The van der Waals surface area contributed by atoms with E-state index in [-0.39, 0.29) is 4.21 Å².